The third-order valence-corrected chi connectivity index (χ3v) is 3.22. The number of nitrogens with one attached hydrogen (secondary N) is 1. The minimum absolute atomic E-state index is 0.841. The highest BCUT2D eigenvalue weighted by atomic mass is 15.3. The van der Waals surface area contributed by atoms with Gasteiger partial charge in [0.05, 0.1) is 23.6 Å². The van der Waals surface area contributed by atoms with Gasteiger partial charge in [0, 0.05) is 25.5 Å². The highest BCUT2D eigenvalue weighted by Gasteiger charge is 2.09. The van der Waals surface area contributed by atoms with Crippen LogP contribution in [-0.4, -0.2) is 14.3 Å². The summed E-state index contributed by atoms with van der Waals surface area (Å²) >= 11 is 0. The summed E-state index contributed by atoms with van der Waals surface area (Å²) in [5.74, 6) is 0. The molecule has 0 aliphatic carbocycles. The third-order valence-electron chi connectivity index (χ3n) is 3.22. The summed E-state index contributed by atoms with van der Waals surface area (Å²) in [5.41, 5.74) is 4.68. The number of nitrogens with zero attached hydrogens (tertiary/aromatic N) is 3. The van der Waals surface area contributed by atoms with E-state index in [-0.39, 0.29) is 0 Å². The minimum Gasteiger partial charge on any atom is -0.376 e. The molecule has 2 aromatic rings. The maximum atomic E-state index is 4.40. The van der Waals surface area contributed by atoms with Crippen molar-refractivity contribution in [3.63, 3.8) is 0 Å². The molecule has 92 valence electrons. The molecule has 0 saturated carbocycles. The average molecular weight is 232 g/mol. The van der Waals surface area contributed by atoms with Crippen LogP contribution in [0, 0.1) is 13.8 Å². The topological polar surface area (TPSA) is 34.8 Å². The van der Waals surface area contributed by atoms with Gasteiger partial charge in [-0.05, 0) is 32.9 Å². The van der Waals surface area contributed by atoms with Gasteiger partial charge in [0.1, 0.15) is 0 Å². The van der Waals surface area contributed by atoms with Crippen LogP contribution >= 0.6 is 0 Å². The second kappa shape index (κ2) is 4.65. The molecule has 0 amide bonds. The fraction of sp³-hybridized carbons (Fsp3) is 0.462. The molecule has 0 aliphatic heterocycles. The Balaban J connectivity index is 2.12. The van der Waals surface area contributed by atoms with E-state index >= 15 is 0 Å². The molecule has 0 unspecified atom stereocenters. The molecule has 0 aliphatic rings. The first-order valence-electron chi connectivity index (χ1n) is 6.01. The average Bonchev–Trinajstić information content (AvgIpc) is 2.84. The first-order chi connectivity index (χ1) is 8.13. The van der Waals surface area contributed by atoms with Crippen molar-refractivity contribution in [1.82, 2.24) is 14.3 Å². The molecule has 0 spiro atoms. The van der Waals surface area contributed by atoms with Gasteiger partial charge in [-0.15, -0.1) is 0 Å². The van der Waals surface area contributed by atoms with Crippen LogP contribution in [0.1, 0.15) is 24.0 Å². The van der Waals surface area contributed by atoms with E-state index in [1.54, 1.807) is 0 Å². The molecule has 0 saturated heterocycles. The van der Waals surface area contributed by atoms with E-state index in [9.17, 15) is 0 Å². The van der Waals surface area contributed by atoms with Gasteiger partial charge in [0.15, 0.2) is 0 Å². The van der Waals surface area contributed by atoms with Crippen LogP contribution in [-0.2, 0) is 20.1 Å². The Hall–Kier alpha value is -1.71. The van der Waals surface area contributed by atoms with Crippen molar-refractivity contribution in [2.45, 2.75) is 33.9 Å². The SMILES string of the molecule is CCn1cccc1CNc1c(C)nn(C)c1C. The summed E-state index contributed by atoms with van der Waals surface area (Å²) in [4.78, 5) is 0. The van der Waals surface area contributed by atoms with Crippen molar-refractivity contribution in [2.75, 3.05) is 5.32 Å². The molecule has 1 N–H and O–H groups in total. The minimum atomic E-state index is 0.841. The summed E-state index contributed by atoms with van der Waals surface area (Å²) in [6, 6.07) is 4.24. The van der Waals surface area contributed by atoms with Crippen molar-refractivity contribution < 1.29 is 0 Å². The summed E-state index contributed by atoms with van der Waals surface area (Å²) in [5, 5.41) is 7.88. The molecule has 17 heavy (non-hydrogen) atoms. The first kappa shape index (κ1) is 11.8. The second-order valence-corrected chi connectivity index (χ2v) is 4.31. The van der Waals surface area contributed by atoms with E-state index in [0.29, 0.717) is 0 Å². The number of aromatic nitrogens is 3. The molecule has 0 bridgehead atoms. The maximum absolute atomic E-state index is 4.40. The van der Waals surface area contributed by atoms with Gasteiger partial charge in [-0.25, -0.2) is 0 Å². The lowest BCUT2D eigenvalue weighted by atomic mass is 10.3. The number of hydrogen-bond acceptors (Lipinski definition) is 2. The maximum Gasteiger partial charge on any atom is 0.0827 e. The van der Waals surface area contributed by atoms with Crippen LogP contribution < -0.4 is 5.32 Å². The smallest absolute Gasteiger partial charge is 0.0827 e. The Kier molecular flexibility index (Phi) is 3.22. The Bertz CT molecular complexity index is 507. The Morgan fingerprint density at radius 2 is 2.12 bits per heavy atom. The van der Waals surface area contributed by atoms with Gasteiger partial charge in [0.25, 0.3) is 0 Å². The van der Waals surface area contributed by atoms with Gasteiger partial charge in [0.2, 0.25) is 0 Å². The van der Waals surface area contributed by atoms with Crippen molar-refractivity contribution in [2.24, 2.45) is 7.05 Å². The van der Waals surface area contributed by atoms with Gasteiger partial charge >= 0.3 is 0 Å². The molecule has 2 rings (SSSR count). The predicted octanol–water partition coefficient (Wildman–Crippen LogP) is 2.47. The van der Waals surface area contributed by atoms with E-state index in [0.717, 1.165) is 24.5 Å². The highest BCUT2D eigenvalue weighted by molar-refractivity contribution is 5.52. The molecule has 0 aromatic carbocycles. The van der Waals surface area contributed by atoms with E-state index in [4.69, 9.17) is 0 Å². The van der Waals surface area contributed by atoms with Crippen LogP contribution in [0.3, 0.4) is 0 Å². The molecule has 0 atom stereocenters. The molecule has 4 nitrogen and oxygen atoms in total. The Morgan fingerprint density at radius 1 is 1.35 bits per heavy atom. The van der Waals surface area contributed by atoms with Gasteiger partial charge in [-0.2, -0.15) is 5.10 Å². The summed E-state index contributed by atoms with van der Waals surface area (Å²) in [6.07, 6.45) is 2.11. The standard InChI is InChI=1S/C13H20N4/c1-5-17-8-6-7-12(17)9-14-13-10(2)15-16(4)11(13)3/h6-8,14H,5,9H2,1-4H3. The van der Waals surface area contributed by atoms with Crippen molar-refractivity contribution in [3.05, 3.63) is 35.4 Å². The number of anilines is 1. The van der Waals surface area contributed by atoms with Crippen molar-refractivity contribution in [3.8, 4) is 0 Å². The van der Waals surface area contributed by atoms with Gasteiger partial charge in [-0.1, -0.05) is 0 Å². The zero-order valence-electron chi connectivity index (χ0n) is 11.0. The molecular formula is C13H20N4. The Labute approximate surface area is 102 Å². The van der Waals surface area contributed by atoms with Crippen LogP contribution in [0.5, 0.6) is 0 Å². The molecule has 4 heteroatoms. The molecule has 0 fully saturated rings. The fourth-order valence-electron chi connectivity index (χ4n) is 2.13. The van der Waals surface area contributed by atoms with Gasteiger partial charge in [-0.3, -0.25) is 4.68 Å². The lowest BCUT2D eigenvalue weighted by Gasteiger charge is -2.09. The summed E-state index contributed by atoms with van der Waals surface area (Å²) in [6.45, 7) is 8.13. The van der Waals surface area contributed by atoms with E-state index in [2.05, 4.69) is 47.2 Å². The predicted molar refractivity (Wildman–Crippen MR) is 70.1 cm³/mol. The van der Waals surface area contributed by atoms with Crippen molar-refractivity contribution in [1.29, 1.82) is 0 Å². The molecule has 0 radical (unpaired) electrons. The monoisotopic (exact) mass is 232 g/mol. The Morgan fingerprint density at radius 3 is 2.71 bits per heavy atom. The van der Waals surface area contributed by atoms with E-state index < -0.39 is 0 Å². The lowest BCUT2D eigenvalue weighted by molar-refractivity contribution is 0.723. The zero-order chi connectivity index (χ0) is 12.4. The second-order valence-electron chi connectivity index (χ2n) is 4.31. The largest absolute Gasteiger partial charge is 0.376 e. The summed E-state index contributed by atoms with van der Waals surface area (Å²) < 4.78 is 4.16. The van der Waals surface area contributed by atoms with Crippen molar-refractivity contribution >= 4 is 5.69 Å². The normalized spacial score (nSPS) is 10.8. The van der Waals surface area contributed by atoms with Crippen LogP contribution in [0.4, 0.5) is 5.69 Å². The van der Waals surface area contributed by atoms with Crippen LogP contribution in [0.25, 0.3) is 0 Å². The molecular weight excluding hydrogens is 212 g/mol. The highest BCUT2D eigenvalue weighted by Crippen LogP contribution is 2.19. The number of rotatable bonds is 4. The lowest BCUT2D eigenvalue weighted by Crippen LogP contribution is -2.07. The third kappa shape index (κ3) is 2.20. The quantitative estimate of drug-likeness (QED) is 0.878. The number of aryl methyl sites for hydroxylation is 3. The summed E-state index contributed by atoms with van der Waals surface area (Å²) in [7, 11) is 1.97. The fourth-order valence-corrected chi connectivity index (χ4v) is 2.13. The molecule has 2 aromatic heterocycles. The van der Waals surface area contributed by atoms with Crippen LogP contribution in [0.2, 0.25) is 0 Å². The van der Waals surface area contributed by atoms with E-state index in [1.165, 1.54) is 11.4 Å². The van der Waals surface area contributed by atoms with E-state index in [1.807, 2.05) is 18.7 Å². The van der Waals surface area contributed by atoms with Crippen LogP contribution in [0.15, 0.2) is 18.3 Å². The first-order valence-corrected chi connectivity index (χ1v) is 6.01. The van der Waals surface area contributed by atoms with Gasteiger partial charge < -0.3 is 9.88 Å². The zero-order valence-corrected chi connectivity index (χ0v) is 11.0. The number of hydrogen-bond donors (Lipinski definition) is 1. The molecule has 2 heterocycles.